The van der Waals surface area contributed by atoms with Gasteiger partial charge in [0.1, 0.15) is 0 Å². The zero-order chi connectivity index (χ0) is 29.9. The van der Waals surface area contributed by atoms with Gasteiger partial charge < -0.3 is 30.0 Å². The van der Waals surface area contributed by atoms with Gasteiger partial charge >= 0.3 is 17.9 Å². The summed E-state index contributed by atoms with van der Waals surface area (Å²) >= 11 is 0. The molecule has 0 aliphatic carbocycles. The van der Waals surface area contributed by atoms with Gasteiger partial charge in [0.25, 0.3) is 0 Å². The van der Waals surface area contributed by atoms with Crippen LogP contribution in [0.25, 0.3) is 6.08 Å². The summed E-state index contributed by atoms with van der Waals surface area (Å²) in [5.41, 5.74) is 2.94. The zero-order valence-corrected chi connectivity index (χ0v) is 23.4. The van der Waals surface area contributed by atoms with E-state index < -0.39 is 23.9 Å². The third-order valence-electron chi connectivity index (χ3n) is 5.52. The minimum Gasteiger partial charge on any atom is -0.481 e. The second kappa shape index (κ2) is 14.6. The number of nitrogens with one attached hydrogen (secondary N) is 2. The summed E-state index contributed by atoms with van der Waals surface area (Å²) in [5.74, 6) is -2.63. The van der Waals surface area contributed by atoms with E-state index in [1.807, 2.05) is 0 Å². The molecule has 0 saturated heterocycles. The summed E-state index contributed by atoms with van der Waals surface area (Å²) in [6.45, 7) is 11.3. The first-order valence-electron chi connectivity index (χ1n) is 12.6. The standard InChI is InChI=1S/C26H37N7O7/c1-16(2)30-24(19(27-6)12-18-23(26(3,4)5)29-14-28-18)40-15-39-22(36)9-7-8-17-13-33(32-31-17)20(25(37)38)10-11-21(34)35/h12-14,20,27H,1,7-11,15H2,2-6H3,(H,28,29)(H,34,35)(H,37,38)/b19-12-,30-24?. The Morgan fingerprint density at radius 2 is 1.98 bits per heavy atom. The van der Waals surface area contributed by atoms with Crippen LogP contribution in [-0.4, -0.2) is 72.8 Å². The molecule has 1 atom stereocenters. The number of aromatic nitrogens is 5. The van der Waals surface area contributed by atoms with E-state index in [4.69, 9.17) is 14.6 Å². The molecule has 0 aromatic carbocycles. The lowest BCUT2D eigenvalue weighted by Crippen LogP contribution is -2.22. The van der Waals surface area contributed by atoms with E-state index in [9.17, 15) is 19.5 Å². The van der Waals surface area contributed by atoms with Crippen LogP contribution in [0.5, 0.6) is 0 Å². The highest BCUT2D eigenvalue weighted by Crippen LogP contribution is 2.24. The van der Waals surface area contributed by atoms with E-state index in [0.717, 1.165) is 10.4 Å². The molecular weight excluding hydrogens is 522 g/mol. The fourth-order valence-corrected chi connectivity index (χ4v) is 3.58. The molecule has 1 unspecified atom stereocenters. The monoisotopic (exact) mass is 559 g/mol. The van der Waals surface area contributed by atoms with Crippen molar-refractivity contribution in [3.63, 3.8) is 0 Å². The summed E-state index contributed by atoms with van der Waals surface area (Å²) < 4.78 is 12.0. The van der Waals surface area contributed by atoms with Crippen LogP contribution in [0, 0.1) is 0 Å². The van der Waals surface area contributed by atoms with Crippen molar-refractivity contribution >= 4 is 29.9 Å². The molecule has 0 aliphatic rings. The van der Waals surface area contributed by atoms with Crippen LogP contribution in [0.15, 0.2) is 35.5 Å². The lowest BCUT2D eigenvalue weighted by atomic mass is 9.90. The minimum absolute atomic E-state index is 0.0570. The number of esters is 1. The molecule has 4 N–H and O–H groups in total. The summed E-state index contributed by atoms with van der Waals surface area (Å²) in [4.78, 5) is 46.3. The first kappa shape index (κ1) is 31.7. The third-order valence-corrected chi connectivity index (χ3v) is 5.52. The van der Waals surface area contributed by atoms with Gasteiger partial charge in [0.15, 0.2) is 6.04 Å². The summed E-state index contributed by atoms with van der Waals surface area (Å²) in [6.07, 6.45) is 5.16. The highest BCUT2D eigenvalue weighted by atomic mass is 16.7. The number of hydrogen-bond donors (Lipinski definition) is 4. The molecule has 2 rings (SSSR count). The Morgan fingerprint density at radius 3 is 2.58 bits per heavy atom. The first-order chi connectivity index (χ1) is 18.8. The average molecular weight is 560 g/mol. The largest absolute Gasteiger partial charge is 0.481 e. The number of aromatic amines is 1. The number of likely N-dealkylation sites (N-methyl/N-ethyl adjacent to an activating group) is 1. The Hall–Kier alpha value is -4.49. The van der Waals surface area contributed by atoms with Crippen LogP contribution in [0.1, 0.15) is 76.5 Å². The number of H-pyrrole nitrogens is 1. The predicted octanol–water partition coefficient (Wildman–Crippen LogP) is 2.82. The Kier molecular flexibility index (Phi) is 11.6. The van der Waals surface area contributed by atoms with Gasteiger partial charge in [-0.3, -0.25) is 9.59 Å². The van der Waals surface area contributed by atoms with E-state index in [0.29, 0.717) is 35.6 Å². The van der Waals surface area contributed by atoms with Gasteiger partial charge in [-0.05, 0) is 32.3 Å². The smallest absolute Gasteiger partial charge is 0.328 e. The molecule has 0 fully saturated rings. The average Bonchev–Trinajstić information content (AvgIpc) is 3.51. The lowest BCUT2D eigenvalue weighted by Gasteiger charge is -2.18. The summed E-state index contributed by atoms with van der Waals surface area (Å²) in [7, 11) is 1.71. The van der Waals surface area contributed by atoms with Crippen LogP contribution < -0.4 is 5.32 Å². The number of carbonyl (C=O) groups is 3. The number of aliphatic imine (C=N–C) groups is 1. The number of carboxylic acid groups (broad SMARTS) is 2. The number of imidazole rings is 1. The van der Waals surface area contributed by atoms with Crippen molar-refractivity contribution in [2.24, 2.45) is 4.99 Å². The summed E-state index contributed by atoms with van der Waals surface area (Å²) in [5, 5.41) is 28.9. The van der Waals surface area contributed by atoms with Crippen molar-refractivity contribution in [2.45, 2.75) is 71.3 Å². The third kappa shape index (κ3) is 10.0. The van der Waals surface area contributed by atoms with Crippen molar-refractivity contribution in [1.29, 1.82) is 0 Å². The molecule has 0 spiro atoms. The fourth-order valence-electron chi connectivity index (χ4n) is 3.58. The number of ether oxygens (including phenoxy) is 2. The molecule has 2 aromatic rings. The second-order valence-electron chi connectivity index (χ2n) is 9.98. The fraction of sp³-hybridized carbons (Fsp3) is 0.500. The Morgan fingerprint density at radius 1 is 1.25 bits per heavy atom. The first-order valence-corrected chi connectivity index (χ1v) is 12.6. The van der Waals surface area contributed by atoms with Crippen molar-refractivity contribution in [3.8, 4) is 0 Å². The number of rotatable bonds is 15. The van der Waals surface area contributed by atoms with Crippen molar-refractivity contribution in [3.05, 3.63) is 47.6 Å². The molecule has 40 heavy (non-hydrogen) atoms. The molecule has 14 heteroatoms. The van der Waals surface area contributed by atoms with Crippen molar-refractivity contribution in [1.82, 2.24) is 30.3 Å². The number of aryl methyl sites for hydroxylation is 1. The van der Waals surface area contributed by atoms with E-state index in [1.165, 1.54) is 6.20 Å². The molecule has 0 bridgehead atoms. The molecule has 218 valence electrons. The van der Waals surface area contributed by atoms with Gasteiger partial charge in [-0.25, -0.2) is 19.5 Å². The SMILES string of the molecule is C=C(C)N=C(OCOC(=O)CCCc1cn(C(CCC(=O)O)C(=O)O)nn1)/C(=C/c1nc[nH]c1C(C)(C)C)NC. The molecule has 0 aliphatic heterocycles. The predicted molar refractivity (Wildman–Crippen MR) is 145 cm³/mol. The number of nitrogens with zero attached hydrogens (tertiary/aromatic N) is 5. The van der Waals surface area contributed by atoms with Gasteiger partial charge in [0, 0.05) is 42.9 Å². The van der Waals surface area contributed by atoms with Crippen molar-refractivity contribution in [2.75, 3.05) is 13.8 Å². The topological polar surface area (TPSA) is 194 Å². The number of carboxylic acids is 2. The van der Waals surface area contributed by atoms with Gasteiger partial charge in [-0.15, -0.1) is 5.10 Å². The van der Waals surface area contributed by atoms with Crippen LogP contribution >= 0.6 is 0 Å². The van der Waals surface area contributed by atoms with E-state index in [2.05, 4.69) is 57.9 Å². The number of hydrogen-bond acceptors (Lipinski definition) is 10. The maximum absolute atomic E-state index is 12.3. The van der Waals surface area contributed by atoms with Crippen LogP contribution in [0.2, 0.25) is 0 Å². The van der Waals surface area contributed by atoms with E-state index >= 15 is 0 Å². The molecule has 0 radical (unpaired) electrons. The lowest BCUT2D eigenvalue weighted by molar-refractivity contribution is -0.151. The highest BCUT2D eigenvalue weighted by Gasteiger charge is 2.23. The number of allylic oxidation sites excluding steroid dienone is 1. The Labute approximate surface area is 232 Å². The molecule has 2 aromatic heterocycles. The van der Waals surface area contributed by atoms with Gasteiger partial charge in [0.2, 0.25) is 12.7 Å². The van der Waals surface area contributed by atoms with Crippen LogP contribution in [0.4, 0.5) is 0 Å². The van der Waals surface area contributed by atoms with E-state index in [-0.39, 0.29) is 37.4 Å². The molecule has 0 amide bonds. The maximum atomic E-state index is 12.3. The normalized spacial score (nSPS) is 13.0. The minimum atomic E-state index is -1.20. The van der Waals surface area contributed by atoms with Gasteiger partial charge in [-0.2, -0.15) is 0 Å². The van der Waals surface area contributed by atoms with Crippen LogP contribution in [-0.2, 0) is 35.7 Å². The molecule has 14 nitrogen and oxygen atoms in total. The number of aliphatic carboxylic acids is 2. The molecule has 2 heterocycles. The zero-order valence-electron chi connectivity index (χ0n) is 23.4. The maximum Gasteiger partial charge on any atom is 0.328 e. The highest BCUT2D eigenvalue weighted by molar-refractivity contribution is 5.97. The van der Waals surface area contributed by atoms with Crippen LogP contribution in [0.3, 0.4) is 0 Å². The quantitative estimate of drug-likeness (QED) is 0.108. The van der Waals surface area contributed by atoms with Crippen molar-refractivity contribution < 1.29 is 34.1 Å². The van der Waals surface area contributed by atoms with Gasteiger partial charge in [-0.1, -0.05) is 32.6 Å². The Balaban J connectivity index is 1.92. The Bertz CT molecular complexity index is 1250. The van der Waals surface area contributed by atoms with Gasteiger partial charge in [0.05, 0.1) is 23.4 Å². The molecule has 0 saturated carbocycles. The van der Waals surface area contributed by atoms with E-state index in [1.54, 1.807) is 26.4 Å². The number of carbonyl (C=O) groups excluding carboxylic acids is 1. The molecular formula is C26H37N7O7. The summed E-state index contributed by atoms with van der Waals surface area (Å²) in [6, 6.07) is -1.14. The second-order valence-corrected chi connectivity index (χ2v) is 9.98.